The summed E-state index contributed by atoms with van der Waals surface area (Å²) in [6.07, 6.45) is -3.97. The van der Waals surface area contributed by atoms with E-state index in [1.54, 1.807) is 6.07 Å². The van der Waals surface area contributed by atoms with Crippen molar-refractivity contribution in [2.75, 3.05) is 0 Å². The van der Waals surface area contributed by atoms with Crippen molar-refractivity contribution in [3.63, 3.8) is 0 Å². The normalized spacial score (nSPS) is 18.3. The monoisotopic (exact) mass is 493 g/mol. The van der Waals surface area contributed by atoms with Crippen molar-refractivity contribution < 1.29 is 26.4 Å². The number of Topliss-reactive ketones (excluding diaryl/α,β-unsaturated/α-hetero) is 1. The molecule has 1 heterocycles. The fourth-order valence-electron chi connectivity index (χ4n) is 3.70. The van der Waals surface area contributed by atoms with E-state index in [9.17, 15) is 26.4 Å². The quantitative estimate of drug-likeness (QED) is 0.452. The van der Waals surface area contributed by atoms with Crippen LogP contribution in [0.5, 0.6) is 0 Å². The van der Waals surface area contributed by atoms with E-state index in [2.05, 4.69) is 4.72 Å². The number of sulfonamides is 1. The number of benzene rings is 2. The Kier molecular flexibility index (Phi) is 6.48. The van der Waals surface area contributed by atoms with E-state index in [-0.39, 0.29) is 35.1 Å². The van der Waals surface area contributed by atoms with E-state index in [1.165, 1.54) is 35.6 Å². The first-order chi connectivity index (χ1) is 15.5. The van der Waals surface area contributed by atoms with Gasteiger partial charge in [-0.15, -0.1) is 0 Å². The summed E-state index contributed by atoms with van der Waals surface area (Å²) in [5.74, 6) is -0.0116. The molecule has 0 amide bonds. The first kappa shape index (κ1) is 23.7. The van der Waals surface area contributed by atoms with Crippen molar-refractivity contribution in [2.24, 2.45) is 5.92 Å². The number of hydrogen-bond donors (Lipinski definition) is 1. The summed E-state index contributed by atoms with van der Waals surface area (Å²) >= 11 is 1.47. The summed E-state index contributed by atoms with van der Waals surface area (Å²) < 4.78 is 67.2. The predicted octanol–water partition coefficient (Wildman–Crippen LogP) is 5.47. The molecule has 3 aromatic rings. The molecule has 1 saturated carbocycles. The van der Waals surface area contributed by atoms with Crippen LogP contribution >= 0.6 is 11.3 Å². The maximum absolute atomic E-state index is 13.0. The Hall–Kier alpha value is -2.49. The predicted molar refractivity (Wildman–Crippen MR) is 122 cm³/mol. The van der Waals surface area contributed by atoms with Gasteiger partial charge >= 0.3 is 6.18 Å². The summed E-state index contributed by atoms with van der Waals surface area (Å²) in [6.45, 7) is 1.96. The molecule has 0 saturated heterocycles. The fourth-order valence-corrected chi connectivity index (χ4v) is 5.76. The third kappa shape index (κ3) is 5.72. The number of carbonyl (C=O) groups is 1. The zero-order valence-corrected chi connectivity index (χ0v) is 19.4. The van der Waals surface area contributed by atoms with E-state index in [4.69, 9.17) is 0 Å². The number of rotatable bonds is 8. The largest absolute Gasteiger partial charge is 0.416 e. The van der Waals surface area contributed by atoms with Gasteiger partial charge in [-0.2, -0.15) is 24.5 Å². The molecule has 2 atom stereocenters. The van der Waals surface area contributed by atoms with Crippen LogP contribution < -0.4 is 4.72 Å². The van der Waals surface area contributed by atoms with Crippen LogP contribution in [-0.2, 0) is 33.8 Å². The zero-order valence-electron chi connectivity index (χ0n) is 17.7. The van der Waals surface area contributed by atoms with Gasteiger partial charge < -0.3 is 0 Å². The van der Waals surface area contributed by atoms with Crippen LogP contribution in [0.2, 0.25) is 0 Å². The van der Waals surface area contributed by atoms with Crippen molar-refractivity contribution in [2.45, 2.75) is 43.3 Å². The molecule has 0 radical (unpaired) electrons. The summed E-state index contributed by atoms with van der Waals surface area (Å²) in [7, 11) is -3.74. The summed E-state index contributed by atoms with van der Waals surface area (Å²) in [4.78, 5) is 12.9. The minimum atomic E-state index is -4.49. The maximum Gasteiger partial charge on any atom is 0.416 e. The molecular weight excluding hydrogens is 471 g/mol. The molecule has 33 heavy (non-hydrogen) atoms. The lowest BCUT2D eigenvalue weighted by atomic mass is 9.95. The van der Waals surface area contributed by atoms with Gasteiger partial charge in [-0.25, -0.2) is 13.1 Å². The zero-order chi connectivity index (χ0) is 23.8. The minimum absolute atomic E-state index is 0.0717. The van der Waals surface area contributed by atoms with Gasteiger partial charge in [-0.3, -0.25) is 4.79 Å². The van der Waals surface area contributed by atoms with E-state index >= 15 is 0 Å². The summed E-state index contributed by atoms with van der Waals surface area (Å²) in [6, 6.07) is 11.2. The fraction of sp³-hybridized carbons (Fsp3) is 0.292. The Morgan fingerprint density at radius 1 is 1.12 bits per heavy atom. The number of ketones is 1. The average molecular weight is 494 g/mol. The second kappa shape index (κ2) is 9.04. The van der Waals surface area contributed by atoms with Crippen molar-refractivity contribution in [1.82, 2.24) is 4.72 Å². The van der Waals surface area contributed by atoms with Gasteiger partial charge in [0.15, 0.2) is 0 Å². The average Bonchev–Trinajstić information content (AvgIpc) is 3.18. The van der Waals surface area contributed by atoms with Crippen LogP contribution in [0.4, 0.5) is 13.2 Å². The van der Waals surface area contributed by atoms with Crippen molar-refractivity contribution >= 4 is 27.1 Å². The molecule has 1 aliphatic carbocycles. The van der Waals surface area contributed by atoms with E-state index < -0.39 is 21.8 Å². The third-order valence-corrected chi connectivity index (χ3v) is 7.85. The summed E-state index contributed by atoms with van der Waals surface area (Å²) in [5.41, 5.74) is 1.57. The van der Waals surface area contributed by atoms with Crippen LogP contribution in [0.3, 0.4) is 0 Å². The van der Waals surface area contributed by atoms with Gasteiger partial charge in [0, 0.05) is 18.9 Å². The number of thiophene rings is 1. The molecule has 1 aromatic heterocycles. The molecule has 4 nitrogen and oxygen atoms in total. The topological polar surface area (TPSA) is 63.2 Å². The minimum Gasteiger partial charge on any atom is -0.299 e. The molecule has 1 N–H and O–H groups in total. The molecule has 4 rings (SSSR count). The lowest BCUT2D eigenvalue weighted by molar-refractivity contribution is -0.137. The van der Waals surface area contributed by atoms with Gasteiger partial charge in [-0.05, 0) is 69.6 Å². The smallest absolute Gasteiger partial charge is 0.299 e. The number of carbonyl (C=O) groups excluding carboxylic acids is 1. The van der Waals surface area contributed by atoms with Crippen molar-refractivity contribution in [3.8, 4) is 11.1 Å². The molecule has 2 aromatic carbocycles. The second-order valence-corrected chi connectivity index (χ2v) is 10.9. The Bertz CT molecular complexity index is 1270. The molecule has 1 fully saturated rings. The molecule has 174 valence electrons. The van der Waals surface area contributed by atoms with Gasteiger partial charge in [0.25, 0.3) is 0 Å². The second-order valence-electron chi connectivity index (χ2n) is 8.36. The highest BCUT2D eigenvalue weighted by Gasteiger charge is 2.36. The van der Waals surface area contributed by atoms with Crippen molar-refractivity contribution in [3.05, 3.63) is 76.0 Å². The SMILES string of the molecule is CC1CC1NS(=O)(=O)c1ccc(-c2ccsc2)c(CC(=O)Cc2cccc(C(F)(F)F)c2)c1. The molecule has 1 aliphatic rings. The molecule has 2 unspecified atom stereocenters. The summed E-state index contributed by atoms with van der Waals surface area (Å²) in [5, 5.41) is 3.78. The van der Waals surface area contributed by atoms with Crippen molar-refractivity contribution in [1.29, 1.82) is 0 Å². The lowest BCUT2D eigenvalue weighted by Gasteiger charge is -2.13. The molecule has 0 spiro atoms. The Labute approximate surface area is 194 Å². The standard InChI is InChI=1S/C24H22F3NO3S2/c1-15-9-23(15)28-33(30,31)21-5-6-22(17-7-8-32-14-17)18(13-21)12-20(29)11-16-3-2-4-19(10-16)24(25,26)27/h2-8,10,13-15,23,28H,9,11-12H2,1H3. The molecule has 9 heteroatoms. The Morgan fingerprint density at radius 3 is 2.52 bits per heavy atom. The highest BCUT2D eigenvalue weighted by Crippen LogP contribution is 2.33. The Morgan fingerprint density at radius 2 is 1.88 bits per heavy atom. The number of hydrogen-bond acceptors (Lipinski definition) is 4. The maximum atomic E-state index is 13.0. The number of alkyl halides is 3. The van der Waals surface area contributed by atoms with Crippen LogP contribution in [0.1, 0.15) is 30.0 Å². The highest BCUT2D eigenvalue weighted by molar-refractivity contribution is 7.89. The van der Waals surface area contributed by atoms with Gasteiger partial charge in [0.1, 0.15) is 5.78 Å². The molecule has 0 aliphatic heterocycles. The first-order valence-electron chi connectivity index (χ1n) is 10.4. The van der Waals surface area contributed by atoms with Gasteiger partial charge in [0.05, 0.1) is 10.5 Å². The third-order valence-electron chi connectivity index (χ3n) is 5.68. The van der Waals surface area contributed by atoms with Crippen LogP contribution in [0, 0.1) is 5.92 Å². The highest BCUT2D eigenvalue weighted by atomic mass is 32.2. The number of nitrogens with one attached hydrogen (secondary N) is 1. The van der Waals surface area contributed by atoms with Crippen LogP contribution in [-0.4, -0.2) is 20.2 Å². The van der Waals surface area contributed by atoms with Crippen LogP contribution in [0.25, 0.3) is 11.1 Å². The number of halogens is 3. The first-order valence-corrected chi connectivity index (χ1v) is 12.8. The van der Waals surface area contributed by atoms with E-state index in [1.807, 2.05) is 23.8 Å². The molecular formula is C24H22F3NO3S2. The Balaban J connectivity index is 1.60. The van der Waals surface area contributed by atoms with E-state index in [0.717, 1.165) is 29.7 Å². The lowest BCUT2D eigenvalue weighted by Crippen LogP contribution is -2.27. The van der Waals surface area contributed by atoms with Gasteiger partial charge in [0.2, 0.25) is 10.0 Å². The van der Waals surface area contributed by atoms with E-state index in [0.29, 0.717) is 11.5 Å². The van der Waals surface area contributed by atoms with Gasteiger partial charge in [-0.1, -0.05) is 31.2 Å². The van der Waals surface area contributed by atoms with Crippen LogP contribution in [0.15, 0.2) is 64.2 Å². The molecule has 0 bridgehead atoms.